The first kappa shape index (κ1) is 22.1. The summed E-state index contributed by atoms with van der Waals surface area (Å²) >= 11 is 3.31. The van der Waals surface area contributed by atoms with Gasteiger partial charge in [-0.1, -0.05) is 34.1 Å². The highest BCUT2D eigenvalue weighted by molar-refractivity contribution is 9.10. The average Bonchev–Trinajstić information content (AvgIpc) is 2.73. The number of para-hydroxylation sites is 1. The van der Waals surface area contributed by atoms with Gasteiger partial charge in [-0.05, 0) is 36.4 Å². The van der Waals surface area contributed by atoms with Gasteiger partial charge in [-0.25, -0.2) is 0 Å². The van der Waals surface area contributed by atoms with Gasteiger partial charge in [0.15, 0.2) is 0 Å². The Bertz CT molecular complexity index is 879. The topological polar surface area (TPSA) is 102 Å². The number of nitrogens with one attached hydrogen (secondary N) is 2. The summed E-state index contributed by atoms with van der Waals surface area (Å²) in [6.07, 6.45) is 0.143. The number of hydrogen-bond acceptors (Lipinski definition) is 4. The Morgan fingerprint density at radius 3 is 2.31 bits per heavy atom. The normalized spacial score (nSPS) is 9.93. The number of rotatable bonds is 9. The quantitative estimate of drug-likeness (QED) is 0.604. The zero-order valence-electron chi connectivity index (χ0n) is 15.7. The summed E-state index contributed by atoms with van der Waals surface area (Å²) in [5.41, 5.74) is 1.31. The fourth-order valence-electron chi connectivity index (χ4n) is 2.53. The first-order valence-electron chi connectivity index (χ1n) is 9.04. The highest BCUT2D eigenvalue weighted by Gasteiger charge is 2.17. The maximum atomic E-state index is 12.5. The first-order chi connectivity index (χ1) is 14.0. The Morgan fingerprint density at radius 1 is 0.966 bits per heavy atom. The number of halogens is 1. The molecule has 0 unspecified atom stereocenters. The van der Waals surface area contributed by atoms with Crippen molar-refractivity contribution in [2.45, 2.75) is 19.3 Å². The molecule has 150 valence electrons. The molecular formula is C21H21BrN4O3. The van der Waals surface area contributed by atoms with E-state index in [0.717, 1.165) is 4.47 Å². The van der Waals surface area contributed by atoms with Crippen molar-refractivity contribution in [2.24, 2.45) is 0 Å². The van der Waals surface area contributed by atoms with Gasteiger partial charge < -0.3 is 15.5 Å². The summed E-state index contributed by atoms with van der Waals surface area (Å²) < 4.78 is 0.896. The van der Waals surface area contributed by atoms with Crippen molar-refractivity contribution >= 4 is 45.0 Å². The van der Waals surface area contributed by atoms with Crippen LogP contribution in [-0.4, -0.2) is 30.8 Å². The van der Waals surface area contributed by atoms with Crippen LogP contribution in [0.4, 0.5) is 11.4 Å². The minimum absolute atomic E-state index is 0.0134. The third kappa shape index (κ3) is 7.76. The van der Waals surface area contributed by atoms with Crippen molar-refractivity contribution in [3.05, 3.63) is 59.1 Å². The highest BCUT2D eigenvalue weighted by atomic mass is 79.9. The van der Waals surface area contributed by atoms with E-state index in [1.54, 1.807) is 48.5 Å². The van der Waals surface area contributed by atoms with E-state index in [9.17, 15) is 14.4 Å². The zero-order chi connectivity index (χ0) is 21.1. The molecule has 2 aromatic carbocycles. The fourth-order valence-corrected chi connectivity index (χ4v) is 2.79. The van der Waals surface area contributed by atoms with E-state index in [0.29, 0.717) is 11.4 Å². The van der Waals surface area contributed by atoms with Gasteiger partial charge in [0.25, 0.3) is 0 Å². The molecule has 0 aliphatic carbocycles. The minimum atomic E-state index is -0.391. The van der Waals surface area contributed by atoms with E-state index in [2.05, 4.69) is 26.6 Å². The van der Waals surface area contributed by atoms with Crippen LogP contribution in [0.2, 0.25) is 0 Å². The predicted octanol–water partition coefficient (Wildman–Crippen LogP) is 3.23. The molecule has 3 amide bonds. The van der Waals surface area contributed by atoms with Crippen molar-refractivity contribution in [2.75, 3.05) is 23.3 Å². The van der Waals surface area contributed by atoms with Gasteiger partial charge in [0, 0.05) is 35.2 Å². The van der Waals surface area contributed by atoms with E-state index in [-0.39, 0.29) is 44.2 Å². The lowest BCUT2D eigenvalue weighted by atomic mass is 10.2. The maximum Gasteiger partial charge on any atom is 0.243 e. The monoisotopic (exact) mass is 456 g/mol. The second-order valence-electron chi connectivity index (χ2n) is 6.12. The summed E-state index contributed by atoms with van der Waals surface area (Å²) in [4.78, 5) is 37.9. The number of carbonyl (C=O) groups excluding carboxylic acids is 3. The number of anilines is 2. The van der Waals surface area contributed by atoms with Crippen molar-refractivity contribution in [1.82, 2.24) is 5.32 Å². The van der Waals surface area contributed by atoms with Crippen LogP contribution >= 0.6 is 15.9 Å². The molecule has 0 spiro atoms. The minimum Gasteiger partial charge on any atom is -0.347 e. The fraction of sp³-hybridized carbons (Fsp3) is 0.238. The van der Waals surface area contributed by atoms with Gasteiger partial charge in [0.2, 0.25) is 17.7 Å². The van der Waals surface area contributed by atoms with Crippen LogP contribution in [0.15, 0.2) is 59.1 Å². The second kappa shape index (κ2) is 11.6. The third-order valence-electron chi connectivity index (χ3n) is 3.96. The molecule has 0 atom stereocenters. The van der Waals surface area contributed by atoms with E-state index in [1.165, 1.54) is 4.90 Å². The van der Waals surface area contributed by atoms with Gasteiger partial charge in [-0.15, -0.1) is 0 Å². The maximum absolute atomic E-state index is 12.5. The van der Waals surface area contributed by atoms with Crippen LogP contribution < -0.4 is 15.5 Å². The molecule has 2 N–H and O–H groups in total. The molecule has 0 saturated carbocycles. The van der Waals surface area contributed by atoms with Gasteiger partial charge in [-0.2, -0.15) is 5.26 Å². The molecular weight excluding hydrogens is 436 g/mol. The van der Waals surface area contributed by atoms with Crippen LogP contribution in [0.5, 0.6) is 0 Å². The van der Waals surface area contributed by atoms with Gasteiger partial charge in [0.05, 0.1) is 19.0 Å². The van der Waals surface area contributed by atoms with E-state index < -0.39 is 5.91 Å². The predicted molar refractivity (Wildman–Crippen MR) is 114 cm³/mol. The van der Waals surface area contributed by atoms with Crippen LogP contribution in [0.25, 0.3) is 0 Å². The lowest BCUT2D eigenvalue weighted by Gasteiger charge is -2.21. The number of amides is 3. The molecule has 0 aromatic heterocycles. The van der Waals surface area contributed by atoms with Crippen LogP contribution in [0.3, 0.4) is 0 Å². The van der Waals surface area contributed by atoms with Crippen molar-refractivity contribution in [3.8, 4) is 6.07 Å². The largest absolute Gasteiger partial charge is 0.347 e. The molecule has 0 saturated heterocycles. The Labute approximate surface area is 177 Å². The van der Waals surface area contributed by atoms with Crippen molar-refractivity contribution in [1.29, 1.82) is 5.26 Å². The number of hydrogen-bond donors (Lipinski definition) is 2. The molecule has 0 radical (unpaired) electrons. The van der Waals surface area contributed by atoms with Crippen LogP contribution in [-0.2, 0) is 14.4 Å². The smallest absolute Gasteiger partial charge is 0.243 e. The molecule has 2 aromatic rings. The summed E-state index contributed by atoms with van der Waals surface area (Å²) in [6.45, 7) is 0.0798. The highest BCUT2D eigenvalue weighted by Crippen LogP contribution is 2.16. The van der Waals surface area contributed by atoms with Crippen molar-refractivity contribution < 1.29 is 14.4 Å². The lowest BCUT2D eigenvalue weighted by Crippen LogP contribution is -2.35. The molecule has 8 heteroatoms. The van der Waals surface area contributed by atoms with E-state index in [4.69, 9.17) is 5.26 Å². The number of nitrogens with zero attached hydrogens (tertiary/aromatic N) is 2. The standard InChI is InChI=1S/C21H21BrN4O3/c22-16-7-9-17(10-8-16)25-20(28)15-24-19(27)11-12-21(29)26(14-4-13-23)18-5-2-1-3-6-18/h1-3,5-10H,4,11-12,14-15H2,(H,24,27)(H,25,28). The average molecular weight is 457 g/mol. The molecule has 2 rings (SSSR count). The van der Waals surface area contributed by atoms with Crippen molar-refractivity contribution in [3.63, 3.8) is 0 Å². The van der Waals surface area contributed by atoms with Crippen LogP contribution in [0, 0.1) is 11.3 Å². The summed E-state index contributed by atoms with van der Waals surface area (Å²) in [5.74, 6) is -0.995. The Kier molecular flexibility index (Phi) is 8.86. The zero-order valence-corrected chi connectivity index (χ0v) is 17.3. The molecule has 0 aliphatic heterocycles. The number of nitriles is 1. The van der Waals surface area contributed by atoms with E-state index in [1.807, 2.05) is 12.1 Å². The summed E-state index contributed by atoms with van der Waals surface area (Å²) in [5, 5.41) is 14.0. The Morgan fingerprint density at radius 2 is 1.66 bits per heavy atom. The molecule has 29 heavy (non-hydrogen) atoms. The molecule has 0 fully saturated rings. The summed E-state index contributed by atoms with van der Waals surface area (Å²) in [6, 6.07) is 18.1. The van der Waals surface area contributed by atoms with Crippen LogP contribution in [0.1, 0.15) is 19.3 Å². The van der Waals surface area contributed by atoms with Gasteiger partial charge >= 0.3 is 0 Å². The summed E-state index contributed by atoms with van der Waals surface area (Å²) in [7, 11) is 0. The first-order valence-corrected chi connectivity index (χ1v) is 9.83. The molecule has 0 heterocycles. The molecule has 0 bridgehead atoms. The van der Waals surface area contributed by atoms with Gasteiger partial charge in [-0.3, -0.25) is 14.4 Å². The number of carbonyl (C=O) groups is 3. The second-order valence-corrected chi connectivity index (χ2v) is 7.04. The Balaban J connectivity index is 1.79. The van der Waals surface area contributed by atoms with E-state index >= 15 is 0 Å². The SMILES string of the molecule is N#CCCN(C(=O)CCC(=O)NCC(=O)Nc1ccc(Br)cc1)c1ccccc1. The Hall–Kier alpha value is -3.18. The molecule has 0 aliphatic rings. The lowest BCUT2D eigenvalue weighted by molar-refractivity contribution is -0.126. The van der Waals surface area contributed by atoms with Gasteiger partial charge in [0.1, 0.15) is 0 Å². The number of benzene rings is 2. The molecule has 7 nitrogen and oxygen atoms in total. The third-order valence-corrected chi connectivity index (χ3v) is 4.48.